The normalized spacial score (nSPS) is 10.6. The van der Waals surface area contributed by atoms with Crippen LogP contribution in [0.3, 0.4) is 0 Å². The van der Waals surface area contributed by atoms with Crippen molar-refractivity contribution in [3.63, 3.8) is 0 Å². The molecule has 6 heteroatoms. The number of carbonyl (C=O) groups is 1. The average Bonchev–Trinajstić information content (AvgIpc) is 2.42. The lowest BCUT2D eigenvalue weighted by molar-refractivity contribution is 0.0669. The molecule has 0 aliphatic heterocycles. The quantitative estimate of drug-likeness (QED) is 0.678. The number of methoxy groups -OCH3 is 2. The molecule has 4 nitrogen and oxygen atoms in total. The van der Waals surface area contributed by atoms with Gasteiger partial charge in [0.25, 0.3) is 5.91 Å². The SMILES string of the molecule is COCCCN(CCOC)C(=O)c1ccc(Br)cc1F. The van der Waals surface area contributed by atoms with Gasteiger partial charge in [-0.25, -0.2) is 4.39 Å². The maximum absolute atomic E-state index is 13.8. The molecule has 0 saturated heterocycles. The number of hydrogen-bond donors (Lipinski definition) is 0. The van der Waals surface area contributed by atoms with Crippen molar-refractivity contribution in [1.29, 1.82) is 0 Å². The van der Waals surface area contributed by atoms with E-state index < -0.39 is 5.82 Å². The average molecular weight is 348 g/mol. The molecular formula is C14H19BrFNO3. The van der Waals surface area contributed by atoms with Crippen LogP contribution in [0.1, 0.15) is 16.8 Å². The van der Waals surface area contributed by atoms with Crippen LogP contribution in [-0.2, 0) is 9.47 Å². The van der Waals surface area contributed by atoms with Crippen LogP contribution >= 0.6 is 15.9 Å². The smallest absolute Gasteiger partial charge is 0.256 e. The van der Waals surface area contributed by atoms with E-state index in [2.05, 4.69) is 15.9 Å². The molecule has 1 aromatic rings. The first-order valence-corrected chi connectivity index (χ1v) is 7.11. The minimum absolute atomic E-state index is 0.0710. The van der Waals surface area contributed by atoms with Crippen LogP contribution in [0.15, 0.2) is 22.7 Å². The third kappa shape index (κ3) is 5.19. The fraction of sp³-hybridized carbons (Fsp3) is 0.500. The molecule has 0 heterocycles. The molecule has 0 aliphatic rings. The molecule has 0 saturated carbocycles. The van der Waals surface area contributed by atoms with Crippen LogP contribution in [0, 0.1) is 5.82 Å². The molecule has 0 atom stereocenters. The van der Waals surface area contributed by atoms with E-state index in [1.165, 1.54) is 12.1 Å². The molecule has 0 unspecified atom stereocenters. The van der Waals surface area contributed by atoms with Gasteiger partial charge in [-0.15, -0.1) is 0 Å². The van der Waals surface area contributed by atoms with Gasteiger partial charge in [-0.3, -0.25) is 4.79 Å². The van der Waals surface area contributed by atoms with Gasteiger partial charge in [0.15, 0.2) is 0 Å². The lowest BCUT2D eigenvalue weighted by atomic mass is 10.2. The number of amides is 1. The van der Waals surface area contributed by atoms with Crippen molar-refractivity contribution in [2.24, 2.45) is 0 Å². The Kier molecular flexibility index (Phi) is 7.72. The summed E-state index contributed by atoms with van der Waals surface area (Å²) < 4.78 is 24.4. The highest BCUT2D eigenvalue weighted by Gasteiger charge is 2.18. The molecule has 0 aliphatic carbocycles. The lowest BCUT2D eigenvalue weighted by Crippen LogP contribution is -2.35. The first-order valence-electron chi connectivity index (χ1n) is 6.32. The van der Waals surface area contributed by atoms with E-state index in [1.807, 2.05) is 0 Å². The van der Waals surface area contributed by atoms with Crippen LogP contribution in [0.2, 0.25) is 0 Å². The van der Waals surface area contributed by atoms with Gasteiger partial charge in [0.1, 0.15) is 5.82 Å². The van der Waals surface area contributed by atoms with Crippen LogP contribution in [0.5, 0.6) is 0 Å². The highest BCUT2D eigenvalue weighted by molar-refractivity contribution is 9.10. The van der Waals surface area contributed by atoms with Crippen molar-refractivity contribution in [3.8, 4) is 0 Å². The van der Waals surface area contributed by atoms with E-state index >= 15 is 0 Å². The second-order valence-electron chi connectivity index (χ2n) is 4.26. The van der Waals surface area contributed by atoms with Gasteiger partial charge in [0.05, 0.1) is 12.2 Å². The van der Waals surface area contributed by atoms with Crippen molar-refractivity contribution in [2.45, 2.75) is 6.42 Å². The van der Waals surface area contributed by atoms with E-state index in [0.717, 1.165) is 0 Å². The minimum Gasteiger partial charge on any atom is -0.385 e. The van der Waals surface area contributed by atoms with Crippen LogP contribution in [-0.4, -0.2) is 51.3 Å². The molecular weight excluding hydrogens is 329 g/mol. The van der Waals surface area contributed by atoms with Gasteiger partial charge in [0.2, 0.25) is 0 Å². The van der Waals surface area contributed by atoms with Crippen LogP contribution in [0.4, 0.5) is 4.39 Å². The maximum atomic E-state index is 13.8. The number of benzene rings is 1. The Balaban J connectivity index is 2.79. The lowest BCUT2D eigenvalue weighted by Gasteiger charge is -2.22. The van der Waals surface area contributed by atoms with Crippen molar-refractivity contribution in [2.75, 3.05) is 40.5 Å². The Labute approximate surface area is 127 Å². The molecule has 112 valence electrons. The highest BCUT2D eigenvalue weighted by Crippen LogP contribution is 2.17. The summed E-state index contributed by atoms with van der Waals surface area (Å²) >= 11 is 3.17. The minimum atomic E-state index is -0.529. The molecule has 0 spiro atoms. The number of halogens is 2. The summed E-state index contributed by atoms with van der Waals surface area (Å²) in [6, 6.07) is 4.43. The van der Waals surface area contributed by atoms with Gasteiger partial charge in [-0.1, -0.05) is 15.9 Å². The Morgan fingerprint density at radius 1 is 1.25 bits per heavy atom. The zero-order valence-corrected chi connectivity index (χ0v) is 13.3. The Morgan fingerprint density at radius 2 is 1.95 bits per heavy atom. The summed E-state index contributed by atoms with van der Waals surface area (Å²) in [5.74, 6) is -0.860. The number of ether oxygens (including phenoxy) is 2. The van der Waals surface area contributed by atoms with Gasteiger partial charge in [0, 0.05) is 38.4 Å². The largest absolute Gasteiger partial charge is 0.385 e. The van der Waals surface area contributed by atoms with Crippen molar-refractivity contribution in [3.05, 3.63) is 34.1 Å². The molecule has 0 aromatic heterocycles. The highest BCUT2D eigenvalue weighted by atomic mass is 79.9. The molecule has 1 rings (SSSR count). The summed E-state index contributed by atoms with van der Waals surface area (Å²) in [4.78, 5) is 13.9. The number of carbonyl (C=O) groups excluding carboxylic acids is 1. The molecule has 20 heavy (non-hydrogen) atoms. The van der Waals surface area contributed by atoms with Crippen molar-refractivity contribution < 1.29 is 18.7 Å². The van der Waals surface area contributed by atoms with Gasteiger partial charge < -0.3 is 14.4 Å². The third-order valence-corrected chi connectivity index (χ3v) is 3.28. The van der Waals surface area contributed by atoms with Crippen molar-refractivity contribution >= 4 is 21.8 Å². The predicted molar refractivity (Wildman–Crippen MR) is 78.4 cm³/mol. The summed E-state index contributed by atoms with van der Waals surface area (Å²) in [6.45, 7) is 1.90. The predicted octanol–water partition coefficient (Wildman–Crippen LogP) is 2.71. The van der Waals surface area contributed by atoms with E-state index in [0.29, 0.717) is 37.2 Å². The second-order valence-corrected chi connectivity index (χ2v) is 5.17. The molecule has 0 radical (unpaired) electrons. The Morgan fingerprint density at radius 3 is 2.55 bits per heavy atom. The standard InChI is InChI=1S/C14H19BrFNO3/c1-19-8-3-6-17(7-9-20-2)14(18)12-5-4-11(15)10-13(12)16/h4-5,10H,3,6-9H2,1-2H3. The summed E-state index contributed by atoms with van der Waals surface area (Å²) in [5, 5.41) is 0. The fourth-order valence-electron chi connectivity index (χ4n) is 1.75. The van der Waals surface area contributed by atoms with Crippen LogP contribution < -0.4 is 0 Å². The topological polar surface area (TPSA) is 38.8 Å². The second kappa shape index (κ2) is 9.05. The zero-order chi connectivity index (χ0) is 15.0. The third-order valence-electron chi connectivity index (χ3n) is 2.79. The van der Waals surface area contributed by atoms with Crippen LogP contribution in [0.25, 0.3) is 0 Å². The van der Waals surface area contributed by atoms with E-state index in [-0.39, 0.29) is 11.5 Å². The zero-order valence-electron chi connectivity index (χ0n) is 11.7. The molecule has 0 bridgehead atoms. The number of nitrogens with zero attached hydrogens (tertiary/aromatic N) is 1. The Hall–Kier alpha value is -0.980. The Bertz CT molecular complexity index is 442. The van der Waals surface area contributed by atoms with Gasteiger partial charge in [-0.05, 0) is 24.6 Å². The van der Waals surface area contributed by atoms with Gasteiger partial charge >= 0.3 is 0 Å². The monoisotopic (exact) mass is 347 g/mol. The van der Waals surface area contributed by atoms with E-state index in [4.69, 9.17) is 9.47 Å². The van der Waals surface area contributed by atoms with Gasteiger partial charge in [-0.2, -0.15) is 0 Å². The molecule has 0 N–H and O–H groups in total. The summed E-state index contributed by atoms with van der Waals surface area (Å²) in [6.07, 6.45) is 0.699. The summed E-state index contributed by atoms with van der Waals surface area (Å²) in [7, 11) is 3.17. The fourth-order valence-corrected chi connectivity index (χ4v) is 2.08. The van der Waals surface area contributed by atoms with E-state index in [9.17, 15) is 9.18 Å². The molecule has 0 fully saturated rings. The molecule has 1 aromatic carbocycles. The molecule has 1 amide bonds. The van der Waals surface area contributed by atoms with Crippen molar-refractivity contribution in [1.82, 2.24) is 4.90 Å². The summed E-state index contributed by atoms with van der Waals surface area (Å²) in [5.41, 5.74) is 0.0710. The first-order chi connectivity index (χ1) is 9.60. The first kappa shape index (κ1) is 17.1. The van der Waals surface area contributed by atoms with E-state index in [1.54, 1.807) is 25.2 Å². The number of rotatable bonds is 8. The maximum Gasteiger partial charge on any atom is 0.256 e. The number of hydrogen-bond acceptors (Lipinski definition) is 3.